The maximum Gasteiger partial charge on any atom is 0.269 e. The van der Waals surface area contributed by atoms with Crippen molar-refractivity contribution in [2.75, 3.05) is 32.7 Å². The summed E-state index contributed by atoms with van der Waals surface area (Å²) in [6.07, 6.45) is 4.82. The maximum atomic E-state index is 10.5. The van der Waals surface area contributed by atoms with E-state index in [1.807, 2.05) is 12.1 Å². The number of likely N-dealkylation sites (tertiary alicyclic amines) is 1. The van der Waals surface area contributed by atoms with Gasteiger partial charge in [0.15, 0.2) is 0 Å². The summed E-state index contributed by atoms with van der Waals surface area (Å²) in [5, 5.41) is 14.0. The van der Waals surface area contributed by atoms with E-state index in [-0.39, 0.29) is 10.6 Å². The normalized spacial score (nSPS) is 15.6. The number of nitro benzene ring substituents is 1. The van der Waals surface area contributed by atoms with Gasteiger partial charge in [0.1, 0.15) is 0 Å². The summed E-state index contributed by atoms with van der Waals surface area (Å²) in [4.78, 5) is 12.7. The molecule has 1 aliphatic heterocycles. The van der Waals surface area contributed by atoms with Crippen LogP contribution >= 0.6 is 0 Å². The third-order valence-corrected chi connectivity index (χ3v) is 3.76. The van der Waals surface area contributed by atoms with Crippen molar-refractivity contribution in [1.82, 2.24) is 10.2 Å². The van der Waals surface area contributed by atoms with Gasteiger partial charge in [0.2, 0.25) is 0 Å². The molecule has 1 heterocycles. The van der Waals surface area contributed by atoms with E-state index in [4.69, 9.17) is 0 Å². The smallest absolute Gasteiger partial charge is 0.269 e. The van der Waals surface area contributed by atoms with E-state index in [1.165, 1.54) is 38.9 Å². The second kappa shape index (κ2) is 7.97. The van der Waals surface area contributed by atoms with Gasteiger partial charge in [-0.3, -0.25) is 10.1 Å². The lowest BCUT2D eigenvalue weighted by Crippen LogP contribution is -2.25. The average Bonchev–Trinajstić information content (AvgIpc) is 2.96. The highest BCUT2D eigenvalue weighted by Crippen LogP contribution is 2.12. The van der Waals surface area contributed by atoms with Gasteiger partial charge in [-0.1, -0.05) is 12.1 Å². The number of nitro groups is 1. The molecule has 0 atom stereocenters. The molecule has 0 saturated carbocycles. The van der Waals surface area contributed by atoms with Gasteiger partial charge >= 0.3 is 0 Å². The molecule has 1 aromatic carbocycles. The van der Waals surface area contributed by atoms with Gasteiger partial charge < -0.3 is 10.2 Å². The molecule has 5 nitrogen and oxygen atoms in total. The number of non-ortho nitro benzene ring substituents is 1. The highest BCUT2D eigenvalue weighted by atomic mass is 16.6. The van der Waals surface area contributed by atoms with Crippen LogP contribution in [-0.2, 0) is 6.42 Å². The van der Waals surface area contributed by atoms with Crippen LogP contribution in [0, 0.1) is 10.1 Å². The van der Waals surface area contributed by atoms with Crippen LogP contribution in [0.2, 0.25) is 0 Å². The van der Waals surface area contributed by atoms with Gasteiger partial charge in [0.05, 0.1) is 4.92 Å². The minimum Gasteiger partial charge on any atom is -0.316 e. The van der Waals surface area contributed by atoms with Crippen LogP contribution in [0.15, 0.2) is 24.3 Å². The number of benzene rings is 1. The van der Waals surface area contributed by atoms with Crippen molar-refractivity contribution >= 4 is 5.69 Å². The Labute approximate surface area is 120 Å². The van der Waals surface area contributed by atoms with E-state index in [9.17, 15) is 10.1 Å². The molecule has 0 radical (unpaired) electrons. The largest absolute Gasteiger partial charge is 0.316 e. The molecule has 0 bridgehead atoms. The van der Waals surface area contributed by atoms with E-state index < -0.39 is 0 Å². The molecule has 2 rings (SSSR count). The zero-order valence-electron chi connectivity index (χ0n) is 11.9. The van der Waals surface area contributed by atoms with Gasteiger partial charge in [-0.25, -0.2) is 0 Å². The Hall–Kier alpha value is -1.46. The van der Waals surface area contributed by atoms with E-state index >= 15 is 0 Å². The van der Waals surface area contributed by atoms with Crippen molar-refractivity contribution in [1.29, 1.82) is 0 Å². The SMILES string of the molecule is O=[N+]([O-])c1ccc(CCNCCCN2CCCC2)cc1. The minimum absolute atomic E-state index is 0.160. The first-order chi connectivity index (χ1) is 9.75. The van der Waals surface area contributed by atoms with Crippen molar-refractivity contribution in [3.8, 4) is 0 Å². The van der Waals surface area contributed by atoms with Crippen molar-refractivity contribution in [2.24, 2.45) is 0 Å². The zero-order valence-corrected chi connectivity index (χ0v) is 11.9. The predicted octanol–water partition coefficient (Wildman–Crippen LogP) is 2.21. The Bertz CT molecular complexity index is 414. The molecule has 0 aliphatic carbocycles. The summed E-state index contributed by atoms with van der Waals surface area (Å²) in [6.45, 7) is 5.71. The number of hydrogen-bond donors (Lipinski definition) is 1. The lowest BCUT2D eigenvalue weighted by atomic mass is 10.1. The standard InChI is InChI=1S/C15H23N3O2/c19-18(20)15-6-4-14(5-7-15)8-10-16-9-3-13-17-11-1-2-12-17/h4-7,16H,1-3,8-13H2. The first kappa shape index (κ1) is 14.9. The van der Waals surface area contributed by atoms with Crippen LogP contribution in [0.4, 0.5) is 5.69 Å². The quantitative estimate of drug-likeness (QED) is 0.449. The molecular weight excluding hydrogens is 254 g/mol. The summed E-state index contributed by atoms with van der Waals surface area (Å²) in [5.41, 5.74) is 1.30. The van der Waals surface area contributed by atoms with Gasteiger partial charge in [-0.2, -0.15) is 0 Å². The topological polar surface area (TPSA) is 58.4 Å². The molecule has 0 amide bonds. The van der Waals surface area contributed by atoms with Crippen molar-refractivity contribution in [3.05, 3.63) is 39.9 Å². The fraction of sp³-hybridized carbons (Fsp3) is 0.600. The van der Waals surface area contributed by atoms with Gasteiger partial charge in [0, 0.05) is 12.1 Å². The van der Waals surface area contributed by atoms with Gasteiger partial charge in [-0.05, 0) is 64.0 Å². The zero-order chi connectivity index (χ0) is 14.2. The first-order valence-electron chi connectivity index (χ1n) is 7.42. The maximum absolute atomic E-state index is 10.5. The molecular formula is C15H23N3O2. The van der Waals surface area contributed by atoms with Crippen LogP contribution in [-0.4, -0.2) is 42.5 Å². The van der Waals surface area contributed by atoms with E-state index in [0.29, 0.717) is 0 Å². The summed E-state index contributed by atoms with van der Waals surface area (Å²) in [6, 6.07) is 6.82. The Balaban J connectivity index is 1.55. The Morgan fingerprint density at radius 1 is 1.15 bits per heavy atom. The third-order valence-electron chi connectivity index (χ3n) is 3.76. The average molecular weight is 277 g/mol. The monoisotopic (exact) mass is 277 g/mol. The first-order valence-corrected chi connectivity index (χ1v) is 7.42. The highest BCUT2D eigenvalue weighted by Gasteiger charge is 2.09. The van der Waals surface area contributed by atoms with Gasteiger partial charge in [-0.15, -0.1) is 0 Å². The van der Waals surface area contributed by atoms with Crippen molar-refractivity contribution in [2.45, 2.75) is 25.7 Å². The molecule has 1 saturated heterocycles. The lowest BCUT2D eigenvalue weighted by Gasteiger charge is -2.14. The second-order valence-electron chi connectivity index (χ2n) is 5.33. The Morgan fingerprint density at radius 2 is 1.85 bits per heavy atom. The Morgan fingerprint density at radius 3 is 2.50 bits per heavy atom. The van der Waals surface area contributed by atoms with Crippen LogP contribution in [0.5, 0.6) is 0 Å². The second-order valence-corrected chi connectivity index (χ2v) is 5.33. The Kier molecular flexibility index (Phi) is 5.95. The van der Waals surface area contributed by atoms with Crippen LogP contribution in [0.3, 0.4) is 0 Å². The molecule has 1 aliphatic rings. The summed E-state index contributed by atoms with van der Waals surface area (Å²) < 4.78 is 0. The van der Waals surface area contributed by atoms with E-state index in [0.717, 1.165) is 25.1 Å². The fourth-order valence-corrected chi connectivity index (χ4v) is 2.58. The van der Waals surface area contributed by atoms with Crippen LogP contribution < -0.4 is 5.32 Å². The molecule has 1 fully saturated rings. The number of hydrogen-bond acceptors (Lipinski definition) is 4. The summed E-state index contributed by atoms with van der Waals surface area (Å²) in [5.74, 6) is 0. The number of rotatable bonds is 8. The number of nitrogens with one attached hydrogen (secondary N) is 1. The molecule has 5 heteroatoms. The molecule has 0 spiro atoms. The van der Waals surface area contributed by atoms with E-state index in [1.54, 1.807) is 12.1 Å². The fourth-order valence-electron chi connectivity index (χ4n) is 2.58. The third kappa shape index (κ3) is 4.90. The molecule has 110 valence electrons. The molecule has 0 aromatic heterocycles. The summed E-state index contributed by atoms with van der Waals surface area (Å²) in [7, 11) is 0. The molecule has 1 aromatic rings. The van der Waals surface area contributed by atoms with E-state index in [2.05, 4.69) is 10.2 Å². The predicted molar refractivity (Wildman–Crippen MR) is 80.0 cm³/mol. The van der Waals surface area contributed by atoms with Crippen LogP contribution in [0.25, 0.3) is 0 Å². The van der Waals surface area contributed by atoms with Crippen molar-refractivity contribution < 1.29 is 4.92 Å². The van der Waals surface area contributed by atoms with Gasteiger partial charge in [0.25, 0.3) is 5.69 Å². The lowest BCUT2D eigenvalue weighted by molar-refractivity contribution is -0.384. The number of nitrogens with zero attached hydrogens (tertiary/aromatic N) is 2. The summed E-state index contributed by atoms with van der Waals surface area (Å²) >= 11 is 0. The highest BCUT2D eigenvalue weighted by molar-refractivity contribution is 5.32. The van der Waals surface area contributed by atoms with Crippen LogP contribution in [0.1, 0.15) is 24.8 Å². The molecule has 0 unspecified atom stereocenters. The molecule has 20 heavy (non-hydrogen) atoms. The van der Waals surface area contributed by atoms with Crippen molar-refractivity contribution in [3.63, 3.8) is 0 Å². The minimum atomic E-state index is -0.361. The molecule has 1 N–H and O–H groups in total.